The van der Waals surface area contributed by atoms with Gasteiger partial charge in [0.2, 0.25) is 17.7 Å². The van der Waals surface area contributed by atoms with Crippen molar-refractivity contribution in [3.8, 4) is 0 Å². The van der Waals surface area contributed by atoms with Crippen LogP contribution in [0.4, 0.5) is 18.9 Å². The molecule has 1 aliphatic heterocycles. The lowest BCUT2D eigenvalue weighted by molar-refractivity contribution is -0.127. The summed E-state index contributed by atoms with van der Waals surface area (Å²) in [5.41, 5.74) is 0.550. The number of rotatable bonds is 3. The first-order chi connectivity index (χ1) is 11.3. The van der Waals surface area contributed by atoms with Gasteiger partial charge in [-0.2, -0.15) is 0 Å². The van der Waals surface area contributed by atoms with Crippen LogP contribution in [0.1, 0.15) is 32.1 Å². The molecule has 1 saturated heterocycles. The van der Waals surface area contributed by atoms with E-state index in [0.717, 1.165) is 0 Å². The predicted octanol–water partition coefficient (Wildman–Crippen LogP) is 2.87. The van der Waals surface area contributed by atoms with Crippen molar-refractivity contribution >= 4 is 17.5 Å². The smallest absolute Gasteiger partial charge is 0.248 e. The molecule has 7 heteroatoms. The molecule has 1 aromatic rings. The molecule has 3 rings (SSSR count). The van der Waals surface area contributed by atoms with Crippen LogP contribution in [0, 0.1) is 11.7 Å². The Balaban J connectivity index is 1.57. The summed E-state index contributed by atoms with van der Waals surface area (Å²) in [6.07, 6.45) is 0.140. The molecule has 1 aromatic carbocycles. The fourth-order valence-electron chi connectivity index (χ4n) is 3.26. The molecule has 2 amide bonds. The maximum absolute atomic E-state index is 13.1. The third-order valence-electron chi connectivity index (χ3n) is 4.70. The summed E-state index contributed by atoms with van der Waals surface area (Å²) in [5, 5.41) is 2.79. The normalized spacial score (nSPS) is 24.2. The van der Waals surface area contributed by atoms with Gasteiger partial charge in [-0.25, -0.2) is 13.2 Å². The van der Waals surface area contributed by atoms with Gasteiger partial charge in [0.25, 0.3) is 0 Å². The van der Waals surface area contributed by atoms with Crippen molar-refractivity contribution in [1.29, 1.82) is 0 Å². The second kappa shape index (κ2) is 6.45. The SMILES string of the molecule is O=C(NC1CCC(F)(F)CC1)C1CC(=O)N(c2ccc(F)cc2)C1. The Hall–Kier alpha value is -2.05. The number of amides is 2. The maximum Gasteiger partial charge on any atom is 0.248 e. The summed E-state index contributed by atoms with van der Waals surface area (Å²) in [7, 11) is 0. The summed E-state index contributed by atoms with van der Waals surface area (Å²) in [6.45, 7) is 0.221. The molecule has 0 bridgehead atoms. The predicted molar refractivity (Wildman–Crippen MR) is 82.2 cm³/mol. The van der Waals surface area contributed by atoms with Crippen molar-refractivity contribution in [1.82, 2.24) is 5.32 Å². The van der Waals surface area contributed by atoms with Gasteiger partial charge in [0, 0.05) is 37.5 Å². The van der Waals surface area contributed by atoms with Crippen LogP contribution in [0.3, 0.4) is 0 Å². The molecule has 24 heavy (non-hydrogen) atoms. The molecule has 1 saturated carbocycles. The fourth-order valence-corrected chi connectivity index (χ4v) is 3.26. The Labute approximate surface area is 138 Å². The van der Waals surface area contributed by atoms with Crippen molar-refractivity contribution in [2.24, 2.45) is 5.92 Å². The first-order valence-electron chi connectivity index (χ1n) is 8.08. The van der Waals surface area contributed by atoms with E-state index in [4.69, 9.17) is 0 Å². The Morgan fingerprint density at radius 2 is 1.79 bits per heavy atom. The third-order valence-corrected chi connectivity index (χ3v) is 4.70. The number of anilines is 1. The molecule has 2 aliphatic rings. The summed E-state index contributed by atoms with van der Waals surface area (Å²) >= 11 is 0. The van der Waals surface area contributed by atoms with Crippen molar-refractivity contribution in [3.05, 3.63) is 30.1 Å². The molecule has 1 atom stereocenters. The van der Waals surface area contributed by atoms with E-state index >= 15 is 0 Å². The number of hydrogen-bond donors (Lipinski definition) is 1. The van der Waals surface area contributed by atoms with Gasteiger partial charge in [0.15, 0.2) is 0 Å². The van der Waals surface area contributed by atoms with E-state index in [0.29, 0.717) is 5.69 Å². The van der Waals surface area contributed by atoms with Gasteiger partial charge in [-0.05, 0) is 37.1 Å². The van der Waals surface area contributed by atoms with E-state index in [1.165, 1.54) is 29.2 Å². The number of nitrogens with zero attached hydrogens (tertiary/aromatic N) is 1. The van der Waals surface area contributed by atoms with E-state index in [1.807, 2.05) is 0 Å². The van der Waals surface area contributed by atoms with Crippen molar-refractivity contribution in [2.45, 2.75) is 44.1 Å². The van der Waals surface area contributed by atoms with E-state index < -0.39 is 17.7 Å². The van der Waals surface area contributed by atoms with Crippen molar-refractivity contribution < 1.29 is 22.8 Å². The molecule has 1 unspecified atom stereocenters. The molecule has 2 fully saturated rings. The van der Waals surface area contributed by atoms with Gasteiger partial charge in [-0.1, -0.05) is 0 Å². The minimum absolute atomic E-state index is 0.0755. The fraction of sp³-hybridized carbons (Fsp3) is 0.529. The molecule has 1 aliphatic carbocycles. The van der Waals surface area contributed by atoms with Crippen LogP contribution in [0.2, 0.25) is 0 Å². The zero-order valence-corrected chi connectivity index (χ0v) is 13.1. The Kier molecular flexibility index (Phi) is 4.51. The minimum atomic E-state index is -2.63. The van der Waals surface area contributed by atoms with E-state index in [9.17, 15) is 22.8 Å². The number of hydrogen-bond acceptors (Lipinski definition) is 2. The average Bonchev–Trinajstić information content (AvgIpc) is 2.92. The highest BCUT2D eigenvalue weighted by Crippen LogP contribution is 2.33. The second-order valence-corrected chi connectivity index (χ2v) is 6.52. The summed E-state index contributed by atoms with van der Waals surface area (Å²) < 4.78 is 39.3. The molecule has 0 spiro atoms. The standard InChI is InChI=1S/C17H19F3N2O2/c18-12-1-3-14(4-2-12)22-10-11(9-15(22)23)16(24)21-13-5-7-17(19,20)8-6-13/h1-4,11,13H,5-10H2,(H,21,24). The van der Waals surface area contributed by atoms with Crippen LogP contribution in [-0.4, -0.2) is 30.3 Å². The first-order valence-corrected chi connectivity index (χ1v) is 8.08. The third kappa shape index (κ3) is 3.71. The monoisotopic (exact) mass is 340 g/mol. The average molecular weight is 340 g/mol. The molecule has 130 valence electrons. The summed E-state index contributed by atoms with van der Waals surface area (Å²) in [6, 6.07) is 5.26. The topological polar surface area (TPSA) is 49.4 Å². The van der Waals surface area contributed by atoms with Gasteiger partial charge in [0.1, 0.15) is 5.82 Å². The number of carbonyl (C=O) groups excluding carboxylic acids is 2. The zero-order valence-electron chi connectivity index (χ0n) is 13.1. The van der Waals surface area contributed by atoms with E-state index in [1.54, 1.807) is 0 Å². The van der Waals surface area contributed by atoms with Crippen LogP contribution in [0.5, 0.6) is 0 Å². The van der Waals surface area contributed by atoms with Crippen molar-refractivity contribution in [2.75, 3.05) is 11.4 Å². The van der Waals surface area contributed by atoms with Gasteiger partial charge >= 0.3 is 0 Å². The highest BCUT2D eigenvalue weighted by molar-refractivity contribution is 6.00. The number of benzene rings is 1. The molecular formula is C17H19F3N2O2. The highest BCUT2D eigenvalue weighted by atomic mass is 19.3. The molecule has 0 aromatic heterocycles. The van der Waals surface area contributed by atoms with E-state index in [-0.39, 0.29) is 56.5 Å². The summed E-state index contributed by atoms with van der Waals surface area (Å²) in [5.74, 6) is -4.01. The van der Waals surface area contributed by atoms with Crippen LogP contribution < -0.4 is 10.2 Å². The lowest BCUT2D eigenvalue weighted by Gasteiger charge is -2.29. The zero-order chi connectivity index (χ0) is 17.3. The van der Waals surface area contributed by atoms with Crippen LogP contribution >= 0.6 is 0 Å². The number of carbonyl (C=O) groups is 2. The van der Waals surface area contributed by atoms with Crippen LogP contribution in [0.15, 0.2) is 24.3 Å². The minimum Gasteiger partial charge on any atom is -0.353 e. The Morgan fingerprint density at radius 1 is 1.17 bits per heavy atom. The van der Waals surface area contributed by atoms with Crippen LogP contribution in [0.25, 0.3) is 0 Å². The molecular weight excluding hydrogens is 321 g/mol. The van der Waals surface area contributed by atoms with Gasteiger partial charge in [0.05, 0.1) is 5.92 Å². The molecule has 1 N–H and O–H groups in total. The van der Waals surface area contributed by atoms with Crippen molar-refractivity contribution in [3.63, 3.8) is 0 Å². The number of halogens is 3. The maximum atomic E-state index is 13.1. The quantitative estimate of drug-likeness (QED) is 0.920. The molecule has 1 heterocycles. The lowest BCUT2D eigenvalue weighted by atomic mass is 9.92. The Bertz CT molecular complexity index is 623. The summed E-state index contributed by atoms with van der Waals surface area (Å²) in [4.78, 5) is 25.9. The first kappa shape index (κ1) is 16.8. The molecule has 0 radical (unpaired) electrons. The second-order valence-electron chi connectivity index (χ2n) is 6.52. The van der Waals surface area contributed by atoms with E-state index in [2.05, 4.69) is 5.32 Å². The lowest BCUT2D eigenvalue weighted by Crippen LogP contribution is -2.43. The number of nitrogens with one attached hydrogen (secondary N) is 1. The van der Waals surface area contributed by atoms with Gasteiger partial charge in [-0.15, -0.1) is 0 Å². The molecule has 4 nitrogen and oxygen atoms in total. The van der Waals surface area contributed by atoms with Gasteiger partial charge < -0.3 is 10.2 Å². The number of alkyl halides is 2. The highest BCUT2D eigenvalue weighted by Gasteiger charge is 2.38. The van der Waals surface area contributed by atoms with Crippen LogP contribution in [-0.2, 0) is 9.59 Å². The Morgan fingerprint density at radius 3 is 2.42 bits per heavy atom. The van der Waals surface area contributed by atoms with Gasteiger partial charge in [-0.3, -0.25) is 9.59 Å². The largest absolute Gasteiger partial charge is 0.353 e.